The van der Waals surface area contributed by atoms with Crippen LogP contribution in [0.15, 0.2) is 24.3 Å². The second-order valence-corrected chi connectivity index (χ2v) is 6.84. The third-order valence-electron chi connectivity index (χ3n) is 4.59. The van der Waals surface area contributed by atoms with Gasteiger partial charge in [-0.2, -0.15) is 0 Å². The van der Waals surface area contributed by atoms with Gasteiger partial charge in [-0.05, 0) is 36.6 Å². The number of likely N-dealkylation sites (tertiary alicyclic amines) is 1. The molecule has 1 aromatic rings. The average Bonchev–Trinajstić information content (AvgIpc) is 3.09. The van der Waals surface area contributed by atoms with Crippen molar-refractivity contribution in [2.24, 2.45) is 11.8 Å². The van der Waals surface area contributed by atoms with Crippen molar-refractivity contribution in [3.8, 4) is 5.75 Å². The predicted octanol–water partition coefficient (Wildman–Crippen LogP) is 2.43. The highest BCUT2D eigenvalue weighted by molar-refractivity contribution is 5.89. The molecule has 2 N–H and O–H groups in total. The zero-order chi connectivity index (χ0) is 17.8. The van der Waals surface area contributed by atoms with E-state index in [0.717, 1.165) is 18.8 Å². The zero-order valence-corrected chi connectivity index (χ0v) is 14.3. The molecule has 2 aliphatic rings. The Kier molecular flexibility index (Phi) is 5.43. The number of aliphatic carboxylic acids is 1. The topological polar surface area (TPSA) is 88.1 Å². The number of hydrogen-bond acceptors (Lipinski definition) is 4. The number of rotatable bonds is 4. The van der Waals surface area contributed by atoms with Gasteiger partial charge in [-0.15, -0.1) is 0 Å². The Hall–Kier alpha value is -2.28. The van der Waals surface area contributed by atoms with Gasteiger partial charge in [0, 0.05) is 25.2 Å². The first-order valence-electron chi connectivity index (χ1n) is 8.64. The van der Waals surface area contributed by atoms with Crippen LogP contribution in [0.25, 0.3) is 0 Å². The Morgan fingerprint density at radius 2 is 2.04 bits per heavy atom. The molecule has 2 aliphatic heterocycles. The fourth-order valence-corrected chi connectivity index (χ4v) is 3.31. The number of piperidine rings is 1. The number of amides is 2. The molecular weight excluding hydrogens is 324 g/mol. The lowest BCUT2D eigenvalue weighted by atomic mass is 9.91. The van der Waals surface area contributed by atoms with Crippen LogP contribution >= 0.6 is 0 Å². The second-order valence-electron chi connectivity index (χ2n) is 6.84. The van der Waals surface area contributed by atoms with E-state index in [-0.39, 0.29) is 24.6 Å². The summed E-state index contributed by atoms with van der Waals surface area (Å²) in [5.41, 5.74) is 0.658. The SMILES string of the molecule is CC1CC(C(=O)O)CN(C(=O)Nc2ccc(OC3CCOC3)cc2)C1. The van der Waals surface area contributed by atoms with Gasteiger partial charge in [-0.1, -0.05) is 6.92 Å². The molecule has 0 bridgehead atoms. The fourth-order valence-electron chi connectivity index (χ4n) is 3.31. The number of carbonyl (C=O) groups is 2. The normalized spacial score (nSPS) is 26.3. The number of nitrogens with zero attached hydrogens (tertiary/aromatic N) is 1. The molecular formula is C18H24N2O5. The third kappa shape index (κ3) is 4.63. The van der Waals surface area contributed by atoms with Crippen LogP contribution in [0.2, 0.25) is 0 Å². The Morgan fingerprint density at radius 3 is 2.68 bits per heavy atom. The van der Waals surface area contributed by atoms with E-state index in [4.69, 9.17) is 9.47 Å². The van der Waals surface area contributed by atoms with Crippen molar-refractivity contribution in [3.05, 3.63) is 24.3 Å². The molecule has 1 aromatic carbocycles. The van der Waals surface area contributed by atoms with Crippen molar-refractivity contribution >= 4 is 17.7 Å². The number of ether oxygens (including phenoxy) is 2. The molecule has 0 spiro atoms. The van der Waals surface area contributed by atoms with E-state index in [9.17, 15) is 14.7 Å². The van der Waals surface area contributed by atoms with Crippen LogP contribution < -0.4 is 10.1 Å². The Balaban J connectivity index is 1.55. The van der Waals surface area contributed by atoms with Crippen molar-refractivity contribution in [3.63, 3.8) is 0 Å². The number of hydrogen-bond donors (Lipinski definition) is 2. The summed E-state index contributed by atoms with van der Waals surface area (Å²) in [7, 11) is 0. The molecule has 3 rings (SSSR count). The van der Waals surface area contributed by atoms with Gasteiger partial charge < -0.3 is 24.8 Å². The van der Waals surface area contributed by atoms with Gasteiger partial charge in [0.25, 0.3) is 0 Å². The molecule has 3 atom stereocenters. The number of benzene rings is 1. The smallest absolute Gasteiger partial charge is 0.321 e. The lowest BCUT2D eigenvalue weighted by Gasteiger charge is -2.34. The molecule has 2 fully saturated rings. The van der Waals surface area contributed by atoms with Crippen molar-refractivity contribution in [1.29, 1.82) is 0 Å². The van der Waals surface area contributed by atoms with Crippen LogP contribution in [0.3, 0.4) is 0 Å². The summed E-state index contributed by atoms with van der Waals surface area (Å²) in [5.74, 6) is -0.434. The first-order valence-corrected chi connectivity index (χ1v) is 8.64. The van der Waals surface area contributed by atoms with E-state index in [2.05, 4.69) is 5.32 Å². The Morgan fingerprint density at radius 1 is 1.28 bits per heavy atom. The molecule has 2 amide bonds. The minimum absolute atomic E-state index is 0.0863. The molecule has 0 aromatic heterocycles. The summed E-state index contributed by atoms with van der Waals surface area (Å²) in [5, 5.41) is 12.0. The second kappa shape index (κ2) is 7.74. The molecule has 7 heteroatoms. The molecule has 25 heavy (non-hydrogen) atoms. The van der Waals surface area contributed by atoms with E-state index in [0.29, 0.717) is 25.3 Å². The number of carboxylic acid groups (broad SMARTS) is 1. The maximum atomic E-state index is 12.4. The van der Waals surface area contributed by atoms with E-state index >= 15 is 0 Å². The summed E-state index contributed by atoms with van der Waals surface area (Å²) in [4.78, 5) is 25.2. The molecule has 2 heterocycles. The zero-order valence-electron chi connectivity index (χ0n) is 14.3. The highest BCUT2D eigenvalue weighted by Gasteiger charge is 2.31. The third-order valence-corrected chi connectivity index (χ3v) is 4.59. The van der Waals surface area contributed by atoms with Crippen molar-refractivity contribution in [2.45, 2.75) is 25.9 Å². The maximum Gasteiger partial charge on any atom is 0.321 e. The van der Waals surface area contributed by atoms with Crippen LogP contribution in [0.1, 0.15) is 19.8 Å². The lowest BCUT2D eigenvalue weighted by Crippen LogP contribution is -2.47. The van der Waals surface area contributed by atoms with Crippen LogP contribution in [-0.2, 0) is 9.53 Å². The van der Waals surface area contributed by atoms with Gasteiger partial charge in [-0.3, -0.25) is 4.79 Å². The lowest BCUT2D eigenvalue weighted by molar-refractivity contribution is -0.143. The molecule has 0 saturated carbocycles. The van der Waals surface area contributed by atoms with E-state index in [1.807, 2.05) is 19.1 Å². The van der Waals surface area contributed by atoms with Gasteiger partial charge >= 0.3 is 12.0 Å². The summed E-state index contributed by atoms with van der Waals surface area (Å²) >= 11 is 0. The first-order chi connectivity index (χ1) is 12.0. The highest BCUT2D eigenvalue weighted by atomic mass is 16.5. The number of carboxylic acids is 1. The molecule has 0 radical (unpaired) electrons. The van der Waals surface area contributed by atoms with Gasteiger partial charge in [0.05, 0.1) is 19.1 Å². The first kappa shape index (κ1) is 17.5. The average molecular weight is 348 g/mol. The van der Waals surface area contributed by atoms with E-state index in [1.165, 1.54) is 0 Å². The standard InChI is InChI=1S/C18H24N2O5/c1-12-8-13(17(21)22)10-20(9-12)18(23)19-14-2-4-15(5-3-14)25-16-6-7-24-11-16/h2-5,12-13,16H,6-11H2,1H3,(H,19,23)(H,21,22). The quantitative estimate of drug-likeness (QED) is 0.872. The molecule has 7 nitrogen and oxygen atoms in total. The minimum Gasteiger partial charge on any atom is -0.488 e. The van der Waals surface area contributed by atoms with Crippen LogP contribution in [0.4, 0.5) is 10.5 Å². The summed E-state index contributed by atoms with van der Waals surface area (Å²) in [6.07, 6.45) is 1.58. The maximum absolute atomic E-state index is 12.4. The fraction of sp³-hybridized carbons (Fsp3) is 0.556. The molecule has 3 unspecified atom stereocenters. The van der Waals surface area contributed by atoms with Crippen molar-refractivity contribution < 1.29 is 24.2 Å². The molecule has 2 saturated heterocycles. The summed E-state index contributed by atoms with van der Waals surface area (Å²) in [6.45, 7) is 4.11. The summed E-state index contributed by atoms with van der Waals surface area (Å²) < 4.78 is 11.1. The number of nitrogens with one attached hydrogen (secondary N) is 1. The largest absolute Gasteiger partial charge is 0.488 e. The van der Waals surface area contributed by atoms with Crippen LogP contribution in [-0.4, -0.2) is 54.4 Å². The van der Waals surface area contributed by atoms with Gasteiger partial charge in [0.15, 0.2) is 0 Å². The van der Waals surface area contributed by atoms with E-state index in [1.54, 1.807) is 17.0 Å². The van der Waals surface area contributed by atoms with Crippen molar-refractivity contribution in [2.75, 3.05) is 31.6 Å². The van der Waals surface area contributed by atoms with Crippen molar-refractivity contribution in [1.82, 2.24) is 4.90 Å². The van der Waals surface area contributed by atoms with Gasteiger partial charge in [-0.25, -0.2) is 4.79 Å². The predicted molar refractivity (Wildman–Crippen MR) is 91.8 cm³/mol. The Bertz CT molecular complexity index is 612. The highest BCUT2D eigenvalue weighted by Crippen LogP contribution is 2.23. The summed E-state index contributed by atoms with van der Waals surface area (Å²) in [6, 6.07) is 6.92. The van der Waals surface area contributed by atoms with Crippen LogP contribution in [0.5, 0.6) is 5.75 Å². The van der Waals surface area contributed by atoms with Crippen LogP contribution in [0, 0.1) is 11.8 Å². The number of urea groups is 1. The minimum atomic E-state index is -0.846. The number of anilines is 1. The number of carbonyl (C=O) groups excluding carboxylic acids is 1. The van der Waals surface area contributed by atoms with Gasteiger partial charge in [0.2, 0.25) is 0 Å². The molecule has 136 valence electrons. The monoisotopic (exact) mass is 348 g/mol. The molecule has 0 aliphatic carbocycles. The van der Waals surface area contributed by atoms with Gasteiger partial charge in [0.1, 0.15) is 11.9 Å². The van der Waals surface area contributed by atoms with E-state index < -0.39 is 11.9 Å². The Labute approximate surface area is 146 Å².